The van der Waals surface area contributed by atoms with Gasteiger partial charge >= 0.3 is 0 Å². The summed E-state index contributed by atoms with van der Waals surface area (Å²) in [6.07, 6.45) is 5.84. The van der Waals surface area contributed by atoms with Crippen molar-refractivity contribution in [2.75, 3.05) is 6.54 Å². The van der Waals surface area contributed by atoms with Crippen molar-refractivity contribution in [1.29, 1.82) is 0 Å². The van der Waals surface area contributed by atoms with Crippen LogP contribution in [0.15, 0.2) is 29.2 Å². The predicted molar refractivity (Wildman–Crippen MR) is 78.2 cm³/mol. The summed E-state index contributed by atoms with van der Waals surface area (Å²) in [6, 6.07) is 6.17. The fourth-order valence-corrected chi connectivity index (χ4v) is 3.76. The minimum atomic E-state index is -3.51. The topological polar surface area (TPSA) is 63.2 Å². The highest BCUT2D eigenvalue weighted by molar-refractivity contribution is 7.89. The molecule has 0 aliphatic heterocycles. The molecule has 2 rings (SSSR count). The molecule has 1 aliphatic rings. The first kappa shape index (κ1) is 15.2. The molecule has 0 spiro atoms. The average Bonchev–Trinajstić information content (AvgIpc) is 2.92. The molecule has 1 aromatic carbocycles. The van der Waals surface area contributed by atoms with Gasteiger partial charge in [-0.1, -0.05) is 37.8 Å². The molecule has 0 saturated heterocycles. The lowest BCUT2D eigenvalue weighted by molar-refractivity contribution is 0.101. The molecule has 0 aromatic heterocycles. The zero-order chi connectivity index (χ0) is 14.6. The van der Waals surface area contributed by atoms with Crippen molar-refractivity contribution >= 4 is 15.8 Å². The average molecular weight is 295 g/mol. The number of hydrogen-bond acceptors (Lipinski definition) is 3. The highest BCUT2D eigenvalue weighted by atomic mass is 32.2. The van der Waals surface area contributed by atoms with Crippen molar-refractivity contribution in [2.45, 2.75) is 43.9 Å². The van der Waals surface area contributed by atoms with Gasteiger partial charge in [-0.05, 0) is 31.4 Å². The van der Waals surface area contributed by atoms with Gasteiger partial charge in [0, 0.05) is 12.1 Å². The van der Waals surface area contributed by atoms with E-state index in [2.05, 4.69) is 4.72 Å². The molecule has 1 aromatic rings. The van der Waals surface area contributed by atoms with E-state index in [0.29, 0.717) is 18.0 Å². The van der Waals surface area contributed by atoms with Crippen molar-refractivity contribution in [2.24, 2.45) is 5.92 Å². The number of rotatable bonds is 6. The van der Waals surface area contributed by atoms with Gasteiger partial charge in [0.1, 0.15) is 0 Å². The smallest absolute Gasteiger partial charge is 0.240 e. The van der Waals surface area contributed by atoms with Crippen LogP contribution in [-0.4, -0.2) is 20.7 Å². The summed E-state index contributed by atoms with van der Waals surface area (Å²) >= 11 is 0. The van der Waals surface area contributed by atoms with Gasteiger partial charge < -0.3 is 0 Å². The molecule has 110 valence electrons. The van der Waals surface area contributed by atoms with E-state index in [1.807, 2.05) is 0 Å². The fourth-order valence-electron chi connectivity index (χ4n) is 2.66. The Bertz CT molecular complexity index is 575. The lowest BCUT2D eigenvalue weighted by atomic mass is 10.1. The Morgan fingerprint density at radius 1 is 1.30 bits per heavy atom. The molecule has 4 nitrogen and oxygen atoms in total. The van der Waals surface area contributed by atoms with Crippen LogP contribution in [0.2, 0.25) is 0 Å². The molecule has 0 heterocycles. The van der Waals surface area contributed by atoms with Gasteiger partial charge in [-0.25, -0.2) is 13.1 Å². The largest absolute Gasteiger partial charge is 0.295 e. The maximum atomic E-state index is 12.2. The number of carbonyl (C=O) groups excluding carboxylic acids is 1. The van der Waals surface area contributed by atoms with Crippen LogP contribution < -0.4 is 4.72 Å². The Hall–Kier alpha value is -1.20. The van der Waals surface area contributed by atoms with Gasteiger partial charge in [0.05, 0.1) is 4.90 Å². The van der Waals surface area contributed by atoms with Crippen LogP contribution in [0.1, 0.15) is 49.4 Å². The third kappa shape index (κ3) is 3.90. The minimum absolute atomic E-state index is 0.131. The van der Waals surface area contributed by atoms with E-state index < -0.39 is 10.0 Å². The van der Waals surface area contributed by atoms with Gasteiger partial charge in [-0.2, -0.15) is 0 Å². The molecule has 0 bridgehead atoms. The Balaban J connectivity index is 1.98. The normalized spacial score (nSPS) is 16.4. The molecule has 1 fully saturated rings. The quantitative estimate of drug-likeness (QED) is 0.821. The van der Waals surface area contributed by atoms with Gasteiger partial charge in [0.15, 0.2) is 5.78 Å². The number of ketones is 1. The molecule has 1 aliphatic carbocycles. The first-order valence-corrected chi connectivity index (χ1v) is 8.58. The van der Waals surface area contributed by atoms with Gasteiger partial charge in [0.2, 0.25) is 10.0 Å². The molecule has 0 radical (unpaired) electrons. The number of Topliss-reactive ketones (excluding diaryl/α,β-unsaturated/α-hetero) is 1. The Morgan fingerprint density at radius 2 is 2.00 bits per heavy atom. The summed E-state index contributed by atoms with van der Waals surface area (Å²) in [5.74, 6) is 0.522. The number of carbonyl (C=O) groups is 1. The molecule has 0 atom stereocenters. The van der Waals surface area contributed by atoms with Crippen LogP contribution in [-0.2, 0) is 10.0 Å². The highest BCUT2D eigenvalue weighted by Gasteiger charge is 2.18. The van der Waals surface area contributed by atoms with Crippen LogP contribution in [0.3, 0.4) is 0 Å². The molecule has 1 N–H and O–H groups in total. The van der Waals surface area contributed by atoms with Crippen molar-refractivity contribution in [1.82, 2.24) is 4.72 Å². The maximum absolute atomic E-state index is 12.2. The van der Waals surface area contributed by atoms with Crippen molar-refractivity contribution in [3.05, 3.63) is 29.8 Å². The summed E-state index contributed by atoms with van der Waals surface area (Å²) in [7, 11) is -3.51. The molecule has 20 heavy (non-hydrogen) atoms. The van der Waals surface area contributed by atoms with Crippen LogP contribution in [0.4, 0.5) is 0 Å². The molecular weight excluding hydrogens is 274 g/mol. The van der Waals surface area contributed by atoms with Gasteiger partial charge in [-0.15, -0.1) is 0 Å². The second-order valence-electron chi connectivity index (χ2n) is 5.42. The first-order valence-electron chi connectivity index (χ1n) is 7.10. The van der Waals surface area contributed by atoms with Crippen LogP contribution in [0, 0.1) is 5.92 Å². The third-order valence-corrected chi connectivity index (χ3v) is 5.33. The zero-order valence-electron chi connectivity index (χ0n) is 11.8. The third-order valence-electron chi connectivity index (χ3n) is 3.87. The monoisotopic (exact) mass is 295 g/mol. The van der Waals surface area contributed by atoms with Crippen LogP contribution in [0.5, 0.6) is 0 Å². The van der Waals surface area contributed by atoms with Crippen molar-refractivity contribution < 1.29 is 13.2 Å². The van der Waals surface area contributed by atoms with E-state index in [9.17, 15) is 13.2 Å². The van der Waals surface area contributed by atoms with Crippen molar-refractivity contribution in [3.8, 4) is 0 Å². The lowest BCUT2D eigenvalue weighted by Crippen LogP contribution is -2.26. The molecule has 0 amide bonds. The van der Waals surface area contributed by atoms with E-state index in [0.717, 1.165) is 6.42 Å². The van der Waals surface area contributed by atoms with Crippen molar-refractivity contribution in [3.63, 3.8) is 0 Å². The molecular formula is C15H21NO3S. The van der Waals surface area contributed by atoms with E-state index >= 15 is 0 Å². The summed E-state index contributed by atoms with van der Waals surface area (Å²) in [5.41, 5.74) is 0.420. The maximum Gasteiger partial charge on any atom is 0.240 e. The summed E-state index contributed by atoms with van der Waals surface area (Å²) in [6.45, 7) is 1.90. The molecule has 5 heteroatoms. The van der Waals surface area contributed by atoms with E-state index in [1.54, 1.807) is 12.1 Å². The highest BCUT2D eigenvalue weighted by Crippen LogP contribution is 2.27. The fraction of sp³-hybridized carbons (Fsp3) is 0.533. The Kier molecular flexibility index (Phi) is 4.94. The van der Waals surface area contributed by atoms with E-state index in [1.165, 1.54) is 44.7 Å². The van der Waals surface area contributed by atoms with Crippen LogP contribution in [0.25, 0.3) is 0 Å². The van der Waals surface area contributed by atoms with Gasteiger partial charge in [-0.3, -0.25) is 4.79 Å². The van der Waals surface area contributed by atoms with Crippen LogP contribution >= 0.6 is 0 Å². The predicted octanol–water partition coefficient (Wildman–Crippen LogP) is 2.75. The number of hydrogen-bond donors (Lipinski definition) is 1. The second-order valence-corrected chi connectivity index (χ2v) is 7.19. The number of benzene rings is 1. The molecule has 0 unspecified atom stereocenters. The standard InChI is InChI=1S/C15H21NO3S/c1-12(17)14-7-4-8-15(11-14)20(18,19)16-10-9-13-5-2-3-6-13/h4,7-8,11,13,16H,2-3,5-6,9-10H2,1H3. The van der Waals surface area contributed by atoms with E-state index in [4.69, 9.17) is 0 Å². The zero-order valence-corrected chi connectivity index (χ0v) is 12.6. The minimum Gasteiger partial charge on any atom is -0.295 e. The SMILES string of the molecule is CC(=O)c1cccc(S(=O)(=O)NCCC2CCCC2)c1. The second kappa shape index (κ2) is 6.50. The lowest BCUT2D eigenvalue weighted by Gasteiger charge is -2.11. The Labute approximate surface area is 120 Å². The summed E-state index contributed by atoms with van der Waals surface area (Å²) in [5, 5.41) is 0. The summed E-state index contributed by atoms with van der Waals surface area (Å²) < 4.78 is 26.9. The van der Waals surface area contributed by atoms with E-state index in [-0.39, 0.29) is 10.7 Å². The Morgan fingerprint density at radius 3 is 2.65 bits per heavy atom. The van der Waals surface area contributed by atoms with Gasteiger partial charge in [0.25, 0.3) is 0 Å². The molecule has 1 saturated carbocycles. The number of sulfonamides is 1. The number of nitrogens with one attached hydrogen (secondary N) is 1. The first-order chi connectivity index (χ1) is 9.49. The summed E-state index contributed by atoms with van der Waals surface area (Å²) in [4.78, 5) is 11.5.